The van der Waals surface area contributed by atoms with Crippen molar-refractivity contribution in [3.8, 4) is 0 Å². The maximum absolute atomic E-state index is 12.4. The van der Waals surface area contributed by atoms with Crippen molar-refractivity contribution in [1.29, 1.82) is 0 Å². The molecule has 1 fully saturated rings. The number of aryl methyl sites for hydroxylation is 1. The van der Waals surface area contributed by atoms with Gasteiger partial charge in [0.25, 0.3) is 5.91 Å². The van der Waals surface area contributed by atoms with Gasteiger partial charge in [0.05, 0.1) is 12.3 Å². The Balaban J connectivity index is 2.18. The first-order valence-corrected chi connectivity index (χ1v) is 6.42. The van der Waals surface area contributed by atoms with Crippen LogP contribution in [0.25, 0.3) is 0 Å². The number of nitrogen functional groups attached to an aromatic ring is 1. The molecule has 6 nitrogen and oxygen atoms in total. The van der Waals surface area contributed by atoms with Gasteiger partial charge in [-0.15, -0.1) is 0 Å². The number of hydrogen-bond acceptors (Lipinski definition) is 4. The van der Waals surface area contributed by atoms with Crippen LogP contribution in [-0.2, 0) is 6.54 Å². The lowest BCUT2D eigenvalue weighted by atomic mass is 9.91. The minimum atomic E-state index is -0.168. The van der Waals surface area contributed by atoms with Crippen LogP contribution in [0, 0.1) is 0 Å². The highest BCUT2D eigenvalue weighted by Gasteiger charge is 2.31. The maximum Gasteiger partial charge on any atom is 0.276 e. The number of amides is 1. The van der Waals surface area contributed by atoms with Crippen LogP contribution in [0.2, 0.25) is 0 Å². The molecule has 100 valence electrons. The Morgan fingerprint density at radius 3 is 2.83 bits per heavy atom. The van der Waals surface area contributed by atoms with E-state index in [9.17, 15) is 4.79 Å². The lowest BCUT2D eigenvalue weighted by molar-refractivity contribution is 0.0520. The number of aliphatic hydroxyl groups is 1. The summed E-state index contributed by atoms with van der Waals surface area (Å²) >= 11 is 0. The number of anilines is 1. The molecule has 3 N–H and O–H groups in total. The summed E-state index contributed by atoms with van der Waals surface area (Å²) in [5.41, 5.74) is 6.53. The molecule has 2 rings (SSSR count). The van der Waals surface area contributed by atoms with E-state index in [0.29, 0.717) is 24.5 Å². The monoisotopic (exact) mass is 252 g/mol. The summed E-state index contributed by atoms with van der Waals surface area (Å²) in [5.74, 6) is -0.168. The Labute approximate surface area is 106 Å². The van der Waals surface area contributed by atoms with Crippen LogP contribution in [0.4, 0.5) is 5.69 Å². The molecule has 1 aromatic heterocycles. The van der Waals surface area contributed by atoms with Gasteiger partial charge in [-0.25, -0.2) is 0 Å². The third-order valence-corrected chi connectivity index (χ3v) is 3.43. The molecule has 0 unspecified atom stereocenters. The largest absolute Gasteiger partial charge is 0.396 e. The molecule has 0 radical (unpaired) electrons. The number of aliphatic hydroxyl groups excluding tert-OH is 1. The summed E-state index contributed by atoms with van der Waals surface area (Å²) in [7, 11) is 0. The molecule has 1 heterocycles. The number of carbonyl (C=O) groups excluding carboxylic acids is 1. The van der Waals surface area contributed by atoms with E-state index in [1.54, 1.807) is 15.8 Å². The summed E-state index contributed by atoms with van der Waals surface area (Å²) in [6.07, 6.45) is 4.81. The molecule has 1 aliphatic carbocycles. The van der Waals surface area contributed by atoms with Crippen LogP contribution in [0.5, 0.6) is 0 Å². The molecule has 1 aliphatic rings. The molecule has 0 aromatic carbocycles. The Hall–Kier alpha value is -1.56. The summed E-state index contributed by atoms with van der Waals surface area (Å²) < 4.78 is 1.65. The fourth-order valence-corrected chi connectivity index (χ4v) is 2.16. The van der Waals surface area contributed by atoms with Gasteiger partial charge in [-0.3, -0.25) is 9.48 Å². The number of nitrogens with two attached hydrogens (primary N) is 1. The van der Waals surface area contributed by atoms with E-state index in [0.717, 1.165) is 19.3 Å². The number of carbonyl (C=O) groups is 1. The Kier molecular flexibility index (Phi) is 3.86. The minimum Gasteiger partial charge on any atom is -0.396 e. The van der Waals surface area contributed by atoms with Gasteiger partial charge in [-0.2, -0.15) is 5.10 Å². The van der Waals surface area contributed by atoms with Crippen molar-refractivity contribution in [2.75, 3.05) is 18.9 Å². The van der Waals surface area contributed by atoms with Crippen molar-refractivity contribution >= 4 is 11.6 Å². The zero-order chi connectivity index (χ0) is 13.1. The summed E-state index contributed by atoms with van der Waals surface area (Å²) in [5, 5.41) is 13.3. The van der Waals surface area contributed by atoms with E-state index >= 15 is 0 Å². The molecule has 0 spiro atoms. The van der Waals surface area contributed by atoms with E-state index in [1.165, 1.54) is 0 Å². The Morgan fingerprint density at radius 2 is 2.39 bits per heavy atom. The lowest BCUT2D eigenvalue weighted by Gasteiger charge is -2.36. The van der Waals surface area contributed by atoms with Crippen LogP contribution >= 0.6 is 0 Å². The van der Waals surface area contributed by atoms with Crippen molar-refractivity contribution in [2.45, 2.75) is 38.8 Å². The van der Waals surface area contributed by atoms with Crippen molar-refractivity contribution in [1.82, 2.24) is 14.7 Å². The van der Waals surface area contributed by atoms with E-state index in [-0.39, 0.29) is 18.6 Å². The van der Waals surface area contributed by atoms with E-state index in [4.69, 9.17) is 10.8 Å². The molecule has 1 saturated carbocycles. The first-order valence-electron chi connectivity index (χ1n) is 6.42. The molecule has 0 atom stereocenters. The van der Waals surface area contributed by atoms with Gasteiger partial charge in [0, 0.05) is 25.3 Å². The van der Waals surface area contributed by atoms with Gasteiger partial charge in [0.2, 0.25) is 0 Å². The highest BCUT2D eigenvalue weighted by molar-refractivity contribution is 5.97. The van der Waals surface area contributed by atoms with Crippen molar-refractivity contribution < 1.29 is 9.90 Å². The molecular formula is C12H20N4O2. The average Bonchev–Trinajstić information content (AvgIpc) is 2.67. The molecule has 1 amide bonds. The zero-order valence-electron chi connectivity index (χ0n) is 10.7. The van der Waals surface area contributed by atoms with Gasteiger partial charge < -0.3 is 15.7 Å². The van der Waals surface area contributed by atoms with Gasteiger partial charge in [-0.05, 0) is 26.2 Å². The fraction of sp³-hybridized carbons (Fsp3) is 0.667. The van der Waals surface area contributed by atoms with Gasteiger partial charge in [0.1, 0.15) is 0 Å². The minimum absolute atomic E-state index is 0.0311. The Bertz CT molecular complexity index is 426. The van der Waals surface area contributed by atoms with Crippen LogP contribution < -0.4 is 5.73 Å². The third kappa shape index (κ3) is 2.33. The SMILES string of the molecule is CCn1cc(N)c(C(=O)N(CCO)C2CCC2)n1. The van der Waals surface area contributed by atoms with Gasteiger partial charge >= 0.3 is 0 Å². The maximum atomic E-state index is 12.4. The number of aromatic nitrogens is 2. The summed E-state index contributed by atoms with van der Waals surface area (Å²) in [4.78, 5) is 14.1. The number of nitrogens with zero attached hydrogens (tertiary/aromatic N) is 3. The molecule has 18 heavy (non-hydrogen) atoms. The second-order valence-corrected chi connectivity index (χ2v) is 4.60. The van der Waals surface area contributed by atoms with Crippen LogP contribution in [0.15, 0.2) is 6.20 Å². The fourth-order valence-electron chi connectivity index (χ4n) is 2.16. The summed E-state index contributed by atoms with van der Waals surface area (Å²) in [6, 6.07) is 0.232. The summed E-state index contributed by atoms with van der Waals surface area (Å²) in [6.45, 7) is 2.94. The number of rotatable bonds is 5. The zero-order valence-corrected chi connectivity index (χ0v) is 10.7. The first kappa shape index (κ1) is 12.9. The topological polar surface area (TPSA) is 84.4 Å². The van der Waals surface area contributed by atoms with Crippen molar-refractivity contribution in [3.63, 3.8) is 0 Å². The average molecular weight is 252 g/mol. The van der Waals surface area contributed by atoms with Crippen LogP contribution in [0.1, 0.15) is 36.7 Å². The third-order valence-electron chi connectivity index (χ3n) is 3.43. The van der Waals surface area contributed by atoms with Crippen LogP contribution in [0.3, 0.4) is 0 Å². The molecule has 0 saturated heterocycles. The predicted molar refractivity (Wildman–Crippen MR) is 68.1 cm³/mol. The standard InChI is InChI=1S/C12H20N4O2/c1-2-15-8-10(13)11(14-15)12(18)16(6-7-17)9-4-3-5-9/h8-9,17H,2-7,13H2,1H3. The second kappa shape index (κ2) is 5.39. The normalized spacial score (nSPS) is 15.4. The molecule has 0 bridgehead atoms. The van der Waals surface area contributed by atoms with Crippen LogP contribution in [-0.4, -0.2) is 44.9 Å². The van der Waals surface area contributed by atoms with E-state index < -0.39 is 0 Å². The highest BCUT2D eigenvalue weighted by atomic mass is 16.3. The van der Waals surface area contributed by atoms with Crippen molar-refractivity contribution in [3.05, 3.63) is 11.9 Å². The van der Waals surface area contributed by atoms with Gasteiger partial charge in [-0.1, -0.05) is 0 Å². The smallest absolute Gasteiger partial charge is 0.276 e. The Morgan fingerprint density at radius 1 is 1.67 bits per heavy atom. The second-order valence-electron chi connectivity index (χ2n) is 4.60. The molecule has 6 heteroatoms. The van der Waals surface area contributed by atoms with E-state index in [2.05, 4.69) is 5.10 Å². The predicted octanol–water partition coefficient (Wildman–Crippen LogP) is 0.472. The number of hydrogen-bond donors (Lipinski definition) is 2. The molecule has 1 aromatic rings. The van der Waals surface area contributed by atoms with Gasteiger partial charge in [0.15, 0.2) is 5.69 Å². The quantitative estimate of drug-likeness (QED) is 0.798. The molecule has 0 aliphatic heterocycles. The van der Waals surface area contributed by atoms with Crippen molar-refractivity contribution in [2.24, 2.45) is 0 Å². The lowest BCUT2D eigenvalue weighted by Crippen LogP contribution is -2.46. The first-order chi connectivity index (χ1) is 8.67. The van der Waals surface area contributed by atoms with E-state index in [1.807, 2.05) is 6.92 Å². The highest BCUT2D eigenvalue weighted by Crippen LogP contribution is 2.26. The molecular weight excluding hydrogens is 232 g/mol.